The van der Waals surface area contributed by atoms with Crippen LogP contribution in [0.25, 0.3) is 0 Å². The molecule has 1 saturated heterocycles. The van der Waals surface area contributed by atoms with Gasteiger partial charge in [0.15, 0.2) is 5.78 Å². The second-order valence-electron chi connectivity index (χ2n) is 5.54. The molecule has 3 nitrogen and oxygen atoms in total. The third kappa shape index (κ3) is 2.06. The molecule has 1 atom stereocenters. The zero-order valence-electron chi connectivity index (χ0n) is 11.5. The molecule has 1 N–H and O–H groups in total. The highest BCUT2D eigenvalue weighted by Crippen LogP contribution is 2.34. The first-order valence-electron chi connectivity index (χ1n) is 7.31. The number of ketones is 1. The van der Waals surface area contributed by atoms with E-state index in [1.165, 1.54) is 5.56 Å². The van der Waals surface area contributed by atoms with Gasteiger partial charge < -0.3 is 10.1 Å². The highest BCUT2D eigenvalue weighted by atomic mass is 16.5. The standard InChI is InChI=1S/C16H21NO2/c1-2-16(9-5-10-17-16)15(18)13-8-3-6-12-7-4-11-19-14(12)13/h3,6,8,17H,2,4-5,7,9-11H2,1H3. The van der Waals surface area contributed by atoms with Crippen molar-refractivity contribution >= 4 is 5.78 Å². The van der Waals surface area contributed by atoms with E-state index in [-0.39, 0.29) is 11.3 Å². The Kier molecular flexibility index (Phi) is 3.31. The summed E-state index contributed by atoms with van der Waals surface area (Å²) in [6.45, 7) is 3.76. The first kappa shape index (κ1) is 12.7. The molecule has 2 aliphatic rings. The Morgan fingerprint density at radius 2 is 2.32 bits per heavy atom. The van der Waals surface area contributed by atoms with Crippen molar-refractivity contribution in [1.29, 1.82) is 0 Å². The molecule has 3 heteroatoms. The van der Waals surface area contributed by atoms with Crippen LogP contribution in [0.2, 0.25) is 0 Å². The Hall–Kier alpha value is -1.35. The highest BCUT2D eigenvalue weighted by Gasteiger charge is 2.40. The van der Waals surface area contributed by atoms with Gasteiger partial charge in [-0.25, -0.2) is 0 Å². The molecule has 0 aliphatic carbocycles. The zero-order valence-corrected chi connectivity index (χ0v) is 11.5. The molecule has 1 fully saturated rings. The third-order valence-corrected chi connectivity index (χ3v) is 4.46. The fourth-order valence-corrected chi connectivity index (χ4v) is 3.29. The lowest BCUT2D eigenvalue weighted by atomic mass is 9.84. The van der Waals surface area contributed by atoms with Crippen LogP contribution < -0.4 is 10.1 Å². The van der Waals surface area contributed by atoms with Crippen LogP contribution in [0.3, 0.4) is 0 Å². The molecule has 19 heavy (non-hydrogen) atoms. The second kappa shape index (κ2) is 4.97. The summed E-state index contributed by atoms with van der Waals surface area (Å²) in [7, 11) is 0. The molecule has 0 bridgehead atoms. The minimum absolute atomic E-state index is 0.214. The van der Waals surface area contributed by atoms with Gasteiger partial charge >= 0.3 is 0 Å². The summed E-state index contributed by atoms with van der Waals surface area (Å²) < 4.78 is 5.78. The van der Waals surface area contributed by atoms with Crippen LogP contribution in [-0.4, -0.2) is 24.5 Å². The molecule has 0 aromatic heterocycles. The lowest BCUT2D eigenvalue weighted by molar-refractivity contribution is 0.0858. The van der Waals surface area contributed by atoms with E-state index < -0.39 is 0 Å². The molecule has 1 unspecified atom stereocenters. The predicted octanol–water partition coefficient (Wildman–Crippen LogP) is 2.73. The summed E-state index contributed by atoms with van der Waals surface area (Å²) in [6.07, 6.45) is 4.92. The number of fused-ring (bicyclic) bond motifs is 1. The molecule has 2 aliphatic heterocycles. The molecule has 0 radical (unpaired) electrons. The van der Waals surface area contributed by atoms with Crippen LogP contribution in [0.5, 0.6) is 5.75 Å². The molecule has 2 heterocycles. The minimum Gasteiger partial charge on any atom is -0.493 e. The fourth-order valence-electron chi connectivity index (χ4n) is 3.29. The van der Waals surface area contributed by atoms with Crippen LogP contribution in [0.15, 0.2) is 18.2 Å². The smallest absolute Gasteiger partial charge is 0.186 e. The topological polar surface area (TPSA) is 38.3 Å². The van der Waals surface area contributed by atoms with Crippen LogP contribution in [-0.2, 0) is 6.42 Å². The van der Waals surface area contributed by atoms with E-state index in [0.717, 1.165) is 56.6 Å². The van der Waals surface area contributed by atoms with Gasteiger partial charge in [0.25, 0.3) is 0 Å². The normalized spacial score (nSPS) is 25.7. The van der Waals surface area contributed by atoms with Crippen LogP contribution in [0.1, 0.15) is 48.5 Å². The SMILES string of the molecule is CCC1(C(=O)c2cccc3c2OCCC3)CCCN1. The number of benzene rings is 1. The zero-order chi connectivity index (χ0) is 13.3. The van der Waals surface area contributed by atoms with Gasteiger partial charge in [-0.1, -0.05) is 19.1 Å². The van der Waals surface area contributed by atoms with Crippen molar-refractivity contribution in [2.45, 2.75) is 44.6 Å². The molecular weight excluding hydrogens is 238 g/mol. The van der Waals surface area contributed by atoms with Crippen molar-refractivity contribution in [3.8, 4) is 5.75 Å². The predicted molar refractivity (Wildman–Crippen MR) is 74.8 cm³/mol. The van der Waals surface area contributed by atoms with Crippen molar-refractivity contribution in [1.82, 2.24) is 5.32 Å². The number of hydrogen-bond donors (Lipinski definition) is 1. The van der Waals surface area contributed by atoms with Gasteiger partial charge in [0, 0.05) is 0 Å². The van der Waals surface area contributed by atoms with Gasteiger partial charge in [-0.15, -0.1) is 0 Å². The van der Waals surface area contributed by atoms with E-state index in [4.69, 9.17) is 4.74 Å². The lowest BCUT2D eigenvalue weighted by Gasteiger charge is -2.28. The van der Waals surface area contributed by atoms with E-state index in [2.05, 4.69) is 18.3 Å². The lowest BCUT2D eigenvalue weighted by Crippen LogP contribution is -2.47. The molecule has 1 aromatic rings. The molecule has 102 valence electrons. The molecule has 3 rings (SSSR count). The molecular formula is C16H21NO2. The fraction of sp³-hybridized carbons (Fsp3) is 0.562. The van der Waals surface area contributed by atoms with Gasteiger partial charge in [-0.05, 0) is 50.3 Å². The third-order valence-electron chi connectivity index (χ3n) is 4.46. The first-order chi connectivity index (χ1) is 9.27. The van der Waals surface area contributed by atoms with Gasteiger partial charge in [0.2, 0.25) is 0 Å². The number of ether oxygens (including phenoxy) is 1. The summed E-state index contributed by atoms with van der Waals surface area (Å²) in [5.41, 5.74) is 1.59. The van der Waals surface area contributed by atoms with Gasteiger partial charge in [-0.3, -0.25) is 4.79 Å². The van der Waals surface area contributed by atoms with Crippen LogP contribution in [0.4, 0.5) is 0 Å². The maximum atomic E-state index is 12.9. The molecule has 0 amide bonds. The number of hydrogen-bond acceptors (Lipinski definition) is 3. The largest absolute Gasteiger partial charge is 0.493 e. The molecule has 0 spiro atoms. The number of para-hydroxylation sites is 1. The van der Waals surface area contributed by atoms with Gasteiger partial charge in [0.05, 0.1) is 17.7 Å². The Bertz CT molecular complexity index is 490. The molecule has 0 saturated carbocycles. The summed E-state index contributed by atoms with van der Waals surface area (Å²) in [6, 6.07) is 5.98. The Balaban J connectivity index is 2.00. The first-order valence-corrected chi connectivity index (χ1v) is 7.31. The van der Waals surface area contributed by atoms with Gasteiger partial charge in [0.1, 0.15) is 5.75 Å². The van der Waals surface area contributed by atoms with E-state index in [0.29, 0.717) is 0 Å². The number of carbonyl (C=O) groups is 1. The number of nitrogens with one attached hydrogen (secondary N) is 1. The van der Waals surface area contributed by atoms with Crippen LogP contribution in [0, 0.1) is 0 Å². The highest BCUT2D eigenvalue weighted by molar-refractivity contribution is 6.05. The van der Waals surface area contributed by atoms with Crippen LogP contribution >= 0.6 is 0 Å². The second-order valence-corrected chi connectivity index (χ2v) is 5.54. The van der Waals surface area contributed by atoms with Crippen molar-refractivity contribution in [2.24, 2.45) is 0 Å². The van der Waals surface area contributed by atoms with E-state index in [1.807, 2.05) is 12.1 Å². The Morgan fingerprint density at radius 3 is 3.05 bits per heavy atom. The Labute approximate surface area is 114 Å². The minimum atomic E-state index is -0.365. The van der Waals surface area contributed by atoms with Crippen molar-refractivity contribution in [3.63, 3.8) is 0 Å². The summed E-state index contributed by atoms with van der Waals surface area (Å²) in [5, 5.41) is 3.42. The Morgan fingerprint density at radius 1 is 1.42 bits per heavy atom. The van der Waals surface area contributed by atoms with Gasteiger partial charge in [-0.2, -0.15) is 0 Å². The van der Waals surface area contributed by atoms with Crippen molar-refractivity contribution in [2.75, 3.05) is 13.2 Å². The molecule has 1 aromatic carbocycles. The van der Waals surface area contributed by atoms with E-state index >= 15 is 0 Å². The number of Topliss-reactive ketones (excluding diaryl/α,β-unsaturated/α-hetero) is 1. The summed E-state index contributed by atoms with van der Waals surface area (Å²) in [5.74, 6) is 1.05. The average Bonchev–Trinajstić information content (AvgIpc) is 2.96. The monoisotopic (exact) mass is 259 g/mol. The quantitative estimate of drug-likeness (QED) is 0.848. The van der Waals surface area contributed by atoms with Crippen molar-refractivity contribution in [3.05, 3.63) is 29.3 Å². The van der Waals surface area contributed by atoms with Crippen molar-refractivity contribution < 1.29 is 9.53 Å². The number of rotatable bonds is 3. The number of carbonyl (C=O) groups excluding carboxylic acids is 1. The maximum absolute atomic E-state index is 12.9. The average molecular weight is 259 g/mol. The summed E-state index contributed by atoms with van der Waals surface area (Å²) >= 11 is 0. The number of aryl methyl sites for hydroxylation is 1. The van der Waals surface area contributed by atoms with E-state index in [1.54, 1.807) is 0 Å². The summed E-state index contributed by atoms with van der Waals surface area (Å²) in [4.78, 5) is 12.9. The maximum Gasteiger partial charge on any atom is 0.186 e. The van der Waals surface area contributed by atoms with E-state index in [9.17, 15) is 4.79 Å².